The highest BCUT2D eigenvalue weighted by Crippen LogP contribution is 2.31. The fourth-order valence-corrected chi connectivity index (χ4v) is 6.87. The summed E-state index contributed by atoms with van der Waals surface area (Å²) in [4.78, 5) is 32.5. The molecule has 1 fully saturated rings. The number of carbonyl (C=O) groups excluding carboxylic acids is 1. The number of nitrogens with one attached hydrogen (secondary N) is 1. The Morgan fingerprint density at radius 1 is 0.717 bits per heavy atom. The summed E-state index contributed by atoms with van der Waals surface area (Å²) in [5.41, 5.74) is 23.5. The SMILES string of the molecule is CCCCc1nc2c(N)nc3ccccc3c2n1C/C=C/CCN.CCCCc1nc2c(N)nc3ccccc3c2n1C/C=C/CN1CCNCC1=O. The van der Waals surface area contributed by atoms with Gasteiger partial charge < -0.3 is 36.6 Å². The Morgan fingerprint density at radius 3 is 1.74 bits per heavy atom. The van der Waals surface area contributed by atoms with Gasteiger partial charge in [0.15, 0.2) is 11.6 Å². The number of hydrogen-bond donors (Lipinski definition) is 4. The molecule has 53 heavy (non-hydrogen) atoms. The lowest BCUT2D eigenvalue weighted by Gasteiger charge is -2.26. The summed E-state index contributed by atoms with van der Waals surface area (Å²) in [5, 5.41) is 5.27. The highest BCUT2D eigenvalue weighted by Gasteiger charge is 2.19. The van der Waals surface area contributed by atoms with E-state index in [1.54, 1.807) is 0 Å². The van der Waals surface area contributed by atoms with Gasteiger partial charge in [0.1, 0.15) is 22.7 Å². The first kappa shape index (κ1) is 37.4. The Morgan fingerprint density at radius 2 is 1.23 bits per heavy atom. The zero-order chi connectivity index (χ0) is 37.2. The smallest absolute Gasteiger partial charge is 0.236 e. The van der Waals surface area contributed by atoms with Crippen LogP contribution in [0.3, 0.4) is 0 Å². The van der Waals surface area contributed by atoms with Crippen LogP contribution in [-0.4, -0.2) is 72.6 Å². The molecule has 5 heterocycles. The molecule has 0 saturated carbocycles. The second-order valence-electron chi connectivity index (χ2n) is 13.4. The molecule has 0 unspecified atom stereocenters. The predicted octanol–water partition coefficient (Wildman–Crippen LogP) is 5.91. The van der Waals surface area contributed by atoms with Crippen molar-refractivity contribution in [3.8, 4) is 0 Å². The molecule has 2 aromatic carbocycles. The van der Waals surface area contributed by atoms with Crippen LogP contribution in [-0.2, 0) is 30.7 Å². The number of fused-ring (bicyclic) bond motifs is 6. The van der Waals surface area contributed by atoms with Crippen LogP contribution in [0.1, 0.15) is 57.6 Å². The molecule has 0 radical (unpaired) electrons. The van der Waals surface area contributed by atoms with Gasteiger partial charge in [0.25, 0.3) is 0 Å². The van der Waals surface area contributed by atoms with Crippen molar-refractivity contribution >= 4 is 61.4 Å². The Hall–Kier alpha value is -5.33. The second-order valence-corrected chi connectivity index (χ2v) is 13.4. The van der Waals surface area contributed by atoms with E-state index in [0.29, 0.717) is 37.8 Å². The molecule has 1 saturated heterocycles. The number of allylic oxidation sites excluding steroid dienone is 2. The third-order valence-electron chi connectivity index (χ3n) is 9.64. The van der Waals surface area contributed by atoms with Crippen molar-refractivity contribution in [2.24, 2.45) is 5.73 Å². The first-order chi connectivity index (χ1) is 25.9. The van der Waals surface area contributed by atoms with Crippen LogP contribution >= 0.6 is 0 Å². The van der Waals surface area contributed by atoms with Crippen molar-refractivity contribution in [2.75, 3.05) is 44.2 Å². The summed E-state index contributed by atoms with van der Waals surface area (Å²) >= 11 is 0. The van der Waals surface area contributed by atoms with E-state index >= 15 is 0 Å². The number of benzene rings is 2. The standard InChI is InChI=1S/C22H28N6O.C19H25N5/c1-2-3-10-18-26-20-21(16-8-4-5-9-17(16)25-22(20)23)28(18)13-7-6-12-27-14-11-24-15-19(27)29;1-2-3-11-16-23-17-18(24(16)13-8-4-7-12-20)14-9-5-6-10-15(14)22-19(17)21/h4-9,24H,2-3,10-15H2,1H3,(H2,23,25);4-6,8-10H,2-3,7,11-13,20H2,1H3,(H2,21,22)/b7-6+;8-4+. The Kier molecular flexibility index (Phi) is 12.7. The zero-order valence-corrected chi connectivity index (χ0v) is 31.1. The molecule has 6 aromatic rings. The molecule has 12 nitrogen and oxygen atoms in total. The van der Waals surface area contributed by atoms with Crippen LogP contribution in [0.4, 0.5) is 11.6 Å². The minimum atomic E-state index is 0.155. The molecule has 1 aliphatic heterocycles. The number of unbranched alkanes of at least 4 members (excludes halogenated alkanes) is 2. The van der Waals surface area contributed by atoms with Crippen molar-refractivity contribution in [2.45, 2.75) is 71.9 Å². The molecule has 0 spiro atoms. The average molecular weight is 716 g/mol. The summed E-state index contributed by atoms with van der Waals surface area (Å²) in [7, 11) is 0. The Labute approximate surface area is 311 Å². The lowest BCUT2D eigenvalue weighted by Crippen LogP contribution is -2.47. The molecule has 1 amide bonds. The highest BCUT2D eigenvalue weighted by molar-refractivity contribution is 6.07. The number of amides is 1. The lowest BCUT2D eigenvalue weighted by molar-refractivity contribution is -0.131. The van der Waals surface area contributed by atoms with Gasteiger partial charge in [-0.2, -0.15) is 0 Å². The number of anilines is 2. The van der Waals surface area contributed by atoms with Gasteiger partial charge in [-0.3, -0.25) is 4.79 Å². The number of nitrogen functional groups attached to an aromatic ring is 2. The van der Waals surface area contributed by atoms with E-state index in [0.717, 1.165) is 120 Å². The van der Waals surface area contributed by atoms with Gasteiger partial charge in [0, 0.05) is 56.3 Å². The van der Waals surface area contributed by atoms with Crippen molar-refractivity contribution < 1.29 is 4.79 Å². The first-order valence-electron chi connectivity index (χ1n) is 19.0. The number of rotatable bonds is 14. The molecule has 7 rings (SSSR count). The summed E-state index contributed by atoms with van der Waals surface area (Å²) in [6.45, 7) is 9.20. The third-order valence-corrected chi connectivity index (χ3v) is 9.64. The number of imidazole rings is 2. The fraction of sp³-hybridized carbons (Fsp3) is 0.390. The minimum Gasteiger partial charge on any atom is -0.382 e. The van der Waals surface area contributed by atoms with Crippen LogP contribution in [0.25, 0.3) is 43.9 Å². The van der Waals surface area contributed by atoms with E-state index in [2.05, 4.69) is 74.7 Å². The number of aromatic nitrogens is 6. The zero-order valence-electron chi connectivity index (χ0n) is 31.1. The topological polar surface area (TPSA) is 172 Å². The van der Waals surface area contributed by atoms with Gasteiger partial charge in [-0.15, -0.1) is 0 Å². The molecule has 278 valence electrons. The van der Waals surface area contributed by atoms with E-state index in [-0.39, 0.29) is 5.91 Å². The van der Waals surface area contributed by atoms with Gasteiger partial charge in [-0.1, -0.05) is 87.4 Å². The maximum atomic E-state index is 11.9. The molecule has 0 bridgehead atoms. The average Bonchev–Trinajstić information content (AvgIpc) is 3.74. The largest absolute Gasteiger partial charge is 0.382 e. The number of pyridine rings is 2. The predicted molar refractivity (Wildman–Crippen MR) is 218 cm³/mol. The Balaban J connectivity index is 0.000000185. The van der Waals surface area contributed by atoms with Crippen molar-refractivity contribution in [1.29, 1.82) is 0 Å². The van der Waals surface area contributed by atoms with E-state index in [1.807, 2.05) is 41.3 Å². The lowest BCUT2D eigenvalue weighted by atomic mass is 10.2. The van der Waals surface area contributed by atoms with Crippen molar-refractivity contribution in [1.82, 2.24) is 39.3 Å². The maximum Gasteiger partial charge on any atom is 0.236 e. The van der Waals surface area contributed by atoms with Gasteiger partial charge in [-0.05, 0) is 37.9 Å². The Bertz CT molecular complexity index is 2230. The van der Waals surface area contributed by atoms with Crippen LogP contribution in [0.2, 0.25) is 0 Å². The van der Waals surface area contributed by atoms with E-state index < -0.39 is 0 Å². The molecular weight excluding hydrogens is 663 g/mol. The third kappa shape index (κ3) is 8.50. The summed E-state index contributed by atoms with van der Waals surface area (Å²) < 4.78 is 4.53. The van der Waals surface area contributed by atoms with Crippen molar-refractivity contribution in [3.05, 3.63) is 84.5 Å². The molecule has 7 N–H and O–H groups in total. The second kappa shape index (κ2) is 17.9. The highest BCUT2D eigenvalue weighted by atomic mass is 16.2. The van der Waals surface area contributed by atoms with Crippen LogP contribution in [0, 0.1) is 0 Å². The number of piperazine rings is 1. The number of hydrogen-bond acceptors (Lipinski definition) is 9. The van der Waals surface area contributed by atoms with Gasteiger partial charge in [0.2, 0.25) is 5.91 Å². The van der Waals surface area contributed by atoms with Crippen LogP contribution in [0.15, 0.2) is 72.8 Å². The quantitative estimate of drug-likeness (QED) is 0.100. The van der Waals surface area contributed by atoms with Crippen molar-refractivity contribution in [3.63, 3.8) is 0 Å². The summed E-state index contributed by atoms with van der Waals surface area (Å²) in [6, 6.07) is 16.2. The van der Waals surface area contributed by atoms with Gasteiger partial charge in [-0.25, -0.2) is 19.9 Å². The van der Waals surface area contributed by atoms with Gasteiger partial charge >= 0.3 is 0 Å². The fourth-order valence-electron chi connectivity index (χ4n) is 6.87. The van der Waals surface area contributed by atoms with Crippen LogP contribution < -0.4 is 22.5 Å². The normalized spacial score (nSPS) is 13.7. The molecule has 1 aliphatic rings. The summed E-state index contributed by atoms with van der Waals surface area (Å²) in [6.07, 6.45) is 15.7. The molecule has 0 atom stereocenters. The minimum absolute atomic E-state index is 0.155. The number of aryl methyl sites for hydroxylation is 2. The number of carbonyl (C=O) groups is 1. The van der Waals surface area contributed by atoms with Crippen LogP contribution in [0.5, 0.6) is 0 Å². The monoisotopic (exact) mass is 715 g/mol. The van der Waals surface area contributed by atoms with E-state index in [1.165, 1.54) is 0 Å². The number of para-hydroxylation sites is 2. The number of nitrogens with zero attached hydrogens (tertiary/aromatic N) is 7. The maximum absolute atomic E-state index is 11.9. The molecule has 12 heteroatoms. The van der Waals surface area contributed by atoms with Gasteiger partial charge in [0.05, 0.1) is 28.6 Å². The van der Waals surface area contributed by atoms with E-state index in [4.69, 9.17) is 27.2 Å². The molecule has 0 aliphatic carbocycles. The van der Waals surface area contributed by atoms with E-state index in [9.17, 15) is 4.79 Å². The summed E-state index contributed by atoms with van der Waals surface area (Å²) in [5.74, 6) is 3.25. The first-order valence-corrected chi connectivity index (χ1v) is 19.0. The number of nitrogens with two attached hydrogens (primary N) is 3. The molecular formula is C41H53N11O. The molecule has 4 aromatic heterocycles.